The molecule has 4 nitrogen and oxygen atoms in total. The molecule has 0 aliphatic carbocycles. The minimum atomic E-state index is -1.12. The van der Waals surface area contributed by atoms with Gasteiger partial charge in [-0.3, -0.25) is 0 Å². The third-order valence-corrected chi connectivity index (χ3v) is 2.74. The van der Waals surface area contributed by atoms with E-state index >= 15 is 0 Å². The van der Waals surface area contributed by atoms with Crippen molar-refractivity contribution in [1.29, 1.82) is 0 Å². The molecule has 1 aromatic heterocycles. The first-order valence-electron chi connectivity index (χ1n) is 4.80. The molecule has 0 radical (unpaired) electrons. The van der Waals surface area contributed by atoms with Gasteiger partial charge < -0.3 is 9.52 Å². The van der Waals surface area contributed by atoms with Crippen molar-refractivity contribution in [3.8, 4) is 11.5 Å². The Hall–Kier alpha value is -1.20. The molecule has 84 valence electrons. The second-order valence-electron chi connectivity index (χ2n) is 3.95. The number of rotatable bonds is 2. The standard InChI is InChI=1S/C11H11BrN2O2/c1-11(2,15)10-14-13-9(16-10)7-5-3-4-6-8(7)12/h3-6,15H,1-2H3. The van der Waals surface area contributed by atoms with Crippen molar-refractivity contribution in [2.45, 2.75) is 19.4 Å². The van der Waals surface area contributed by atoms with Crippen LogP contribution in [0.25, 0.3) is 11.5 Å². The van der Waals surface area contributed by atoms with Crippen molar-refractivity contribution >= 4 is 15.9 Å². The molecule has 1 heterocycles. The highest BCUT2D eigenvalue weighted by atomic mass is 79.9. The summed E-state index contributed by atoms with van der Waals surface area (Å²) in [6.07, 6.45) is 0. The first-order chi connectivity index (χ1) is 7.48. The van der Waals surface area contributed by atoms with E-state index in [0.29, 0.717) is 5.89 Å². The summed E-state index contributed by atoms with van der Waals surface area (Å²) in [4.78, 5) is 0. The first-order valence-corrected chi connectivity index (χ1v) is 5.59. The fourth-order valence-corrected chi connectivity index (χ4v) is 1.67. The maximum absolute atomic E-state index is 9.71. The van der Waals surface area contributed by atoms with E-state index < -0.39 is 5.60 Å². The summed E-state index contributed by atoms with van der Waals surface area (Å²) >= 11 is 3.40. The average molecular weight is 283 g/mol. The van der Waals surface area contributed by atoms with Crippen molar-refractivity contribution < 1.29 is 9.52 Å². The normalized spacial score (nSPS) is 11.8. The zero-order chi connectivity index (χ0) is 11.8. The van der Waals surface area contributed by atoms with E-state index in [9.17, 15) is 5.11 Å². The Balaban J connectivity index is 2.44. The molecule has 0 saturated heterocycles. The molecule has 1 aromatic carbocycles. The predicted octanol–water partition coefficient (Wildman–Crippen LogP) is 2.73. The second kappa shape index (κ2) is 3.99. The lowest BCUT2D eigenvalue weighted by atomic mass is 10.1. The Morgan fingerprint density at radius 2 is 1.94 bits per heavy atom. The van der Waals surface area contributed by atoms with E-state index in [-0.39, 0.29) is 5.89 Å². The molecule has 1 N–H and O–H groups in total. The van der Waals surface area contributed by atoms with Gasteiger partial charge in [0.25, 0.3) is 0 Å². The number of nitrogens with zero attached hydrogens (tertiary/aromatic N) is 2. The van der Waals surface area contributed by atoms with Crippen molar-refractivity contribution in [2.75, 3.05) is 0 Å². The predicted molar refractivity (Wildman–Crippen MR) is 62.7 cm³/mol. The van der Waals surface area contributed by atoms with Crippen LogP contribution in [0.4, 0.5) is 0 Å². The van der Waals surface area contributed by atoms with Gasteiger partial charge in [-0.2, -0.15) is 0 Å². The van der Waals surface area contributed by atoms with E-state index in [4.69, 9.17) is 4.42 Å². The van der Waals surface area contributed by atoms with Gasteiger partial charge in [-0.05, 0) is 41.9 Å². The molecule has 0 unspecified atom stereocenters. The van der Waals surface area contributed by atoms with Crippen molar-refractivity contribution in [2.24, 2.45) is 0 Å². The Labute approximate surface area is 101 Å². The van der Waals surface area contributed by atoms with E-state index in [1.807, 2.05) is 24.3 Å². The molecule has 16 heavy (non-hydrogen) atoms. The number of halogens is 1. The van der Waals surface area contributed by atoms with Crippen molar-refractivity contribution in [1.82, 2.24) is 10.2 Å². The van der Waals surface area contributed by atoms with Gasteiger partial charge in [0.15, 0.2) is 0 Å². The van der Waals surface area contributed by atoms with E-state index in [0.717, 1.165) is 10.0 Å². The Morgan fingerprint density at radius 1 is 1.25 bits per heavy atom. The summed E-state index contributed by atoms with van der Waals surface area (Å²) in [5.74, 6) is 0.600. The summed E-state index contributed by atoms with van der Waals surface area (Å²) in [7, 11) is 0. The molecule has 0 bridgehead atoms. The Morgan fingerprint density at radius 3 is 2.50 bits per heavy atom. The lowest BCUT2D eigenvalue weighted by Gasteiger charge is -2.09. The SMILES string of the molecule is CC(C)(O)c1nnc(-c2ccccc2Br)o1. The van der Waals surface area contributed by atoms with E-state index in [1.165, 1.54) is 0 Å². The quantitative estimate of drug-likeness (QED) is 0.920. The van der Waals surface area contributed by atoms with Crippen LogP contribution in [0.5, 0.6) is 0 Å². The number of hydrogen-bond donors (Lipinski definition) is 1. The molecule has 0 saturated carbocycles. The smallest absolute Gasteiger partial charge is 0.249 e. The van der Waals surface area contributed by atoms with Crippen molar-refractivity contribution in [3.05, 3.63) is 34.6 Å². The lowest BCUT2D eigenvalue weighted by Crippen LogP contribution is -2.15. The number of aromatic nitrogens is 2. The molecule has 0 aliphatic rings. The van der Waals surface area contributed by atoms with Gasteiger partial charge in [0.1, 0.15) is 5.60 Å². The Bertz CT molecular complexity index is 503. The molecule has 0 fully saturated rings. The average Bonchev–Trinajstić information content (AvgIpc) is 2.66. The van der Waals surface area contributed by atoms with Crippen LogP contribution in [0.1, 0.15) is 19.7 Å². The van der Waals surface area contributed by atoms with Gasteiger partial charge in [-0.25, -0.2) is 0 Å². The molecule has 0 spiro atoms. The zero-order valence-electron chi connectivity index (χ0n) is 8.94. The summed E-state index contributed by atoms with van der Waals surface area (Å²) in [5.41, 5.74) is -0.308. The second-order valence-corrected chi connectivity index (χ2v) is 4.81. The summed E-state index contributed by atoms with van der Waals surface area (Å²) in [6, 6.07) is 7.55. The van der Waals surface area contributed by atoms with Crippen LogP contribution < -0.4 is 0 Å². The molecular formula is C11H11BrN2O2. The van der Waals surface area contributed by atoms with Gasteiger partial charge in [0.2, 0.25) is 11.8 Å². The van der Waals surface area contributed by atoms with E-state index in [2.05, 4.69) is 26.1 Å². The Kier molecular flexibility index (Phi) is 2.82. The highest BCUT2D eigenvalue weighted by Gasteiger charge is 2.24. The van der Waals surface area contributed by atoms with Crippen molar-refractivity contribution in [3.63, 3.8) is 0 Å². The van der Waals surface area contributed by atoms with Crippen LogP contribution in [-0.2, 0) is 5.60 Å². The first kappa shape index (κ1) is 11.3. The largest absolute Gasteiger partial charge is 0.418 e. The van der Waals surface area contributed by atoms with Crippen LogP contribution in [-0.4, -0.2) is 15.3 Å². The summed E-state index contributed by atoms with van der Waals surface area (Å²) < 4.78 is 6.29. The molecule has 2 rings (SSSR count). The molecule has 0 aliphatic heterocycles. The molecule has 5 heteroatoms. The van der Waals surface area contributed by atoms with Gasteiger partial charge in [-0.1, -0.05) is 12.1 Å². The maximum Gasteiger partial charge on any atom is 0.249 e. The number of hydrogen-bond acceptors (Lipinski definition) is 4. The van der Waals surface area contributed by atoms with E-state index in [1.54, 1.807) is 13.8 Å². The summed E-state index contributed by atoms with van der Waals surface area (Å²) in [6.45, 7) is 3.20. The van der Waals surface area contributed by atoms with Crippen LogP contribution in [0, 0.1) is 0 Å². The monoisotopic (exact) mass is 282 g/mol. The minimum absolute atomic E-state index is 0.207. The molecule has 0 amide bonds. The van der Waals surface area contributed by atoms with Crippen LogP contribution in [0.15, 0.2) is 33.2 Å². The topological polar surface area (TPSA) is 59.2 Å². The zero-order valence-corrected chi connectivity index (χ0v) is 10.5. The lowest BCUT2D eigenvalue weighted by molar-refractivity contribution is 0.0488. The highest BCUT2D eigenvalue weighted by Crippen LogP contribution is 2.28. The van der Waals surface area contributed by atoms with Crippen LogP contribution >= 0.6 is 15.9 Å². The fraction of sp³-hybridized carbons (Fsp3) is 0.273. The van der Waals surface area contributed by atoms with Gasteiger partial charge in [-0.15, -0.1) is 10.2 Å². The number of benzene rings is 1. The van der Waals surface area contributed by atoms with Gasteiger partial charge >= 0.3 is 0 Å². The third kappa shape index (κ3) is 2.15. The summed E-state index contributed by atoms with van der Waals surface area (Å²) in [5, 5.41) is 17.4. The minimum Gasteiger partial charge on any atom is -0.418 e. The molecule has 0 atom stereocenters. The van der Waals surface area contributed by atoms with Crippen LogP contribution in [0.3, 0.4) is 0 Å². The van der Waals surface area contributed by atoms with Gasteiger partial charge in [0.05, 0.1) is 5.56 Å². The third-order valence-electron chi connectivity index (χ3n) is 2.05. The molecule has 2 aromatic rings. The fourth-order valence-electron chi connectivity index (χ4n) is 1.21. The van der Waals surface area contributed by atoms with Gasteiger partial charge in [0, 0.05) is 4.47 Å². The van der Waals surface area contributed by atoms with Crippen LogP contribution in [0.2, 0.25) is 0 Å². The molecular weight excluding hydrogens is 272 g/mol. The number of aliphatic hydroxyl groups is 1. The highest BCUT2D eigenvalue weighted by molar-refractivity contribution is 9.10. The maximum atomic E-state index is 9.71.